The van der Waals surface area contributed by atoms with E-state index in [2.05, 4.69) is 5.16 Å². The van der Waals surface area contributed by atoms with Crippen LogP contribution >= 0.6 is 0 Å². The molecule has 0 saturated carbocycles. The summed E-state index contributed by atoms with van der Waals surface area (Å²) >= 11 is 0. The quantitative estimate of drug-likeness (QED) is 0.617. The van der Waals surface area contributed by atoms with Gasteiger partial charge in [-0.1, -0.05) is 24.2 Å². The molecular formula is C18H23NO5S. The highest BCUT2D eigenvalue weighted by molar-refractivity contribution is 7.90. The summed E-state index contributed by atoms with van der Waals surface area (Å²) in [6.45, 7) is 4.03. The van der Waals surface area contributed by atoms with Crippen LogP contribution in [0.3, 0.4) is 0 Å². The number of aliphatic hydroxyl groups is 1. The summed E-state index contributed by atoms with van der Waals surface area (Å²) < 4.78 is 23.1. The van der Waals surface area contributed by atoms with Crippen molar-refractivity contribution in [2.24, 2.45) is 5.16 Å². The van der Waals surface area contributed by atoms with Gasteiger partial charge in [0, 0.05) is 19.1 Å². The Morgan fingerprint density at radius 3 is 2.36 bits per heavy atom. The molecule has 1 aliphatic rings. The Labute approximate surface area is 148 Å². The zero-order valence-corrected chi connectivity index (χ0v) is 15.5. The number of aliphatic hydroxyl groups excluding tert-OH is 1. The summed E-state index contributed by atoms with van der Waals surface area (Å²) in [5.74, 6) is -0.356. The zero-order valence-electron chi connectivity index (χ0n) is 14.7. The maximum Gasteiger partial charge on any atom is 0.175 e. The first-order chi connectivity index (χ1) is 11.8. The van der Waals surface area contributed by atoms with E-state index in [4.69, 9.17) is 4.84 Å². The molecule has 25 heavy (non-hydrogen) atoms. The van der Waals surface area contributed by atoms with Crippen molar-refractivity contribution in [3.05, 3.63) is 41.2 Å². The molecule has 1 atom stereocenters. The van der Waals surface area contributed by atoms with Crippen molar-refractivity contribution in [3.8, 4) is 0 Å². The Kier molecular flexibility index (Phi) is 6.00. The summed E-state index contributed by atoms with van der Waals surface area (Å²) in [4.78, 5) is 17.8. The number of carbonyl (C=O) groups excluding carboxylic acids is 1. The highest BCUT2D eigenvalue weighted by Crippen LogP contribution is 2.34. The Bertz CT molecular complexity index is 806. The van der Waals surface area contributed by atoms with Gasteiger partial charge in [0.25, 0.3) is 0 Å². The van der Waals surface area contributed by atoms with Gasteiger partial charge in [-0.25, -0.2) is 8.42 Å². The van der Waals surface area contributed by atoms with Crippen molar-refractivity contribution in [1.29, 1.82) is 0 Å². The lowest BCUT2D eigenvalue weighted by atomic mass is 9.81. The number of sulfone groups is 1. The van der Waals surface area contributed by atoms with E-state index in [9.17, 15) is 18.3 Å². The van der Waals surface area contributed by atoms with E-state index in [-0.39, 0.29) is 34.3 Å². The minimum atomic E-state index is -3.26. The van der Waals surface area contributed by atoms with Crippen LogP contribution in [-0.4, -0.2) is 37.9 Å². The largest absolute Gasteiger partial charge is 0.511 e. The number of rotatable bonds is 6. The van der Waals surface area contributed by atoms with Crippen LogP contribution < -0.4 is 0 Å². The SMILES string of the molecule is CCO/N=C(/CC)C1=C(O)CC(c2ccc(S(C)(=O)=O)cc2)CC1=O. The van der Waals surface area contributed by atoms with Crippen LogP contribution in [0.2, 0.25) is 0 Å². The second-order valence-corrected chi connectivity index (χ2v) is 8.02. The topological polar surface area (TPSA) is 93.0 Å². The van der Waals surface area contributed by atoms with Crippen LogP contribution in [0.4, 0.5) is 0 Å². The maximum absolute atomic E-state index is 12.5. The molecule has 0 amide bonds. The summed E-state index contributed by atoms with van der Waals surface area (Å²) in [5, 5.41) is 14.3. The van der Waals surface area contributed by atoms with Crippen LogP contribution in [0.1, 0.15) is 44.6 Å². The molecule has 2 rings (SSSR count). The van der Waals surface area contributed by atoms with E-state index in [1.807, 2.05) is 6.92 Å². The van der Waals surface area contributed by atoms with E-state index in [0.29, 0.717) is 25.2 Å². The molecular weight excluding hydrogens is 342 g/mol. The average Bonchev–Trinajstić information content (AvgIpc) is 2.56. The molecule has 136 valence electrons. The molecule has 0 radical (unpaired) electrons. The Balaban J connectivity index is 2.28. The number of hydrogen-bond donors (Lipinski definition) is 1. The van der Waals surface area contributed by atoms with Gasteiger partial charge >= 0.3 is 0 Å². The van der Waals surface area contributed by atoms with Gasteiger partial charge in [0.2, 0.25) is 0 Å². The van der Waals surface area contributed by atoms with Gasteiger partial charge in [-0.2, -0.15) is 0 Å². The summed E-state index contributed by atoms with van der Waals surface area (Å²) in [6, 6.07) is 6.45. The van der Waals surface area contributed by atoms with Gasteiger partial charge in [-0.3, -0.25) is 4.79 Å². The average molecular weight is 365 g/mol. The first-order valence-corrected chi connectivity index (χ1v) is 10.1. The van der Waals surface area contributed by atoms with Gasteiger partial charge in [-0.15, -0.1) is 0 Å². The van der Waals surface area contributed by atoms with Crippen molar-refractivity contribution in [2.45, 2.75) is 43.9 Å². The standard InChI is InChI=1S/C18H23NO5S/c1-4-15(19-24-5-2)18-16(20)10-13(11-17(18)21)12-6-8-14(9-7-12)25(3,22)23/h6-9,13,20H,4-5,10-11H2,1-3H3/b19-15-. The van der Waals surface area contributed by atoms with Gasteiger partial charge in [0.05, 0.1) is 16.2 Å². The number of hydrogen-bond acceptors (Lipinski definition) is 6. The predicted molar refractivity (Wildman–Crippen MR) is 95.5 cm³/mol. The molecule has 0 spiro atoms. The number of benzene rings is 1. The van der Waals surface area contributed by atoms with Gasteiger partial charge in [0.1, 0.15) is 12.4 Å². The van der Waals surface area contributed by atoms with E-state index in [1.54, 1.807) is 19.1 Å². The lowest BCUT2D eigenvalue weighted by Gasteiger charge is -2.24. The van der Waals surface area contributed by atoms with Gasteiger partial charge in [-0.05, 0) is 37.0 Å². The Hall–Kier alpha value is -2.15. The third-order valence-corrected chi connectivity index (χ3v) is 5.27. The summed E-state index contributed by atoms with van der Waals surface area (Å²) in [5.41, 5.74) is 1.53. The molecule has 1 aromatic carbocycles. The van der Waals surface area contributed by atoms with Crippen LogP contribution in [0.25, 0.3) is 0 Å². The third-order valence-electron chi connectivity index (χ3n) is 4.15. The molecule has 0 heterocycles. The number of allylic oxidation sites excluding steroid dienone is 2. The second kappa shape index (κ2) is 7.82. The van der Waals surface area contributed by atoms with Crippen molar-refractivity contribution < 1.29 is 23.2 Å². The van der Waals surface area contributed by atoms with Crippen molar-refractivity contribution in [1.82, 2.24) is 0 Å². The number of Topliss-reactive ketones (excluding diaryl/α,β-unsaturated/α-hetero) is 1. The van der Waals surface area contributed by atoms with E-state index in [0.717, 1.165) is 11.8 Å². The fourth-order valence-electron chi connectivity index (χ4n) is 2.87. The third kappa shape index (κ3) is 4.48. The van der Waals surface area contributed by atoms with Gasteiger partial charge in [0.15, 0.2) is 15.6 Å². The Morgan fingerprint density at radius 1 is 1.24 bits per heavy atom. The molecule has 0 bridgehead atoms. The maximum atomic E-state index is 12.5. The number of oxime groups is 1. The molecule has 1 N–H and O–H groups in total. The van der Waals surface area contributed by atoms with E-state index >= 15 is 0 Å². The fourth-order valence-corrected chi connectivity index (χ4v) is 3.50. The highest BCUT2D eigenvalue weighted by Gasteiger charge is 2.31. The number of nitrogens with zero attached hydrogens (tertiary/aromatic N) is 1. The van der Waals surface area contributed by atoms with E-state index in [1.165, 1.54) is 12.1 Å². The monoisotopic (exact) mass is 365 g/mol. The fraction of sp³-hybridized carbons (Fsp3) is 0.444. The molecule has 0 aromatic heterocycles. The van der Waals surface area contributed by atoms with E-state index < -0.39 is 9.84 Å². The molecule has 1 aliphatic carbocycles. The predicted octanol–water partition coefficient (Wildman–Crippen LogP) is 3.15. The molecule has 1 unspecified atom stereocenters. The summed E-state index contributed by atoms with van der Waals surface area (Å²) in [6.07, 6.45) is 2.18. The minimum Gasteiger partial charge on any atom is -0.511 e. The number of carbonyl (C=O) groups is 1. The molecule has 0 saturated heterocycles. The van der Waals surface area contributed by atoms with Gasteiger partial charge < -0.3 is 9.94 Å². The van der Waals surface area contributed by atoms with Crippen LogP contribution in [-0.2, 0) is 19.5 Å². The second-order valence-electron chi connectivity index (χ2n) is 6.00. The van der Waals surface area contributed by atoms with Crippen molar-refractivity contribution in [2.75, 3.05) is 12.9 Å². The smallest absolute Gasteiger partial charge is 0.175 e. The molecule has 1 aromatic rings. The molecule has 7 heteroatoms. The number of ketones is 1. The Morgan fingerprint density at radius 2 is 1.88 bits per heavy atom. The minimum absolute atomic E-state index is 0.00810. The molecule has 0 aliphatic heterocycles. The highest BCUT2D eigenvalue weighted by atomic mass is 32.2. The zero-order chi connectivity index (χ0) is 18.6. The molecule has 0 fully saturated rings. The van der Waals surface area contributed by atoms with Crippen LogP contribution in [0.15, 0.2) is 45.6 Å². The molecule has 6 nitrogen and oxygen atoms in total. The summed E-state index contributed by atoms with van der Waals surface area (Å²) in [7, 11) is -3.26. The van der Waals surface area contributed by atoms with Crippen LogP contribution in [0.5, 0.6) is 0 Å². The lowest BCUT2D eigenvalue weighted by molar-refractivity contribution is -0.116. The first kappa shape index (κ1) is 19.2. The lowest BCUT2D eigenvalue weighted by Crippen LogP contribution is -2.23. The first-order valence-electron chi connectivity index (χ1n) is 8.22. The normalized spacial score (nSPS) is 19.2. The van der Waals surface area contributed by atoms with Crippen molar-refractivity contribution >= 4 is 21.3 Å². The van der Waals surface area contributed by atoms with Crippen molar-refractivity contribution in [3.63, 3.8) is 0 Å². The van der Waals surface area contributed by atoms with Crippen LogP contribution in [0, 0.1) is 0 Å².